The molecule has 2 heteroatoms. The zero-order valence-corrected chi connectivity index (χ0v) is 7.18. The molecule has 1 aliphatic heterocycles. The van der Waals surface area contributed by atoms with Gasteiger partial charge >= 0.3 is 0 Å². The number of hydrogen-bond acceptors (Lipinski definition) is 2. The Balaban J connectivity index is 2.16. The number of nitrogens with zero attached hydrogens (tertiary/aromatic N) is 1. The van der Waals surface area contributed by atoms with Crippen LogP contribution in [0.5, 0.6) is 0 Å². The van der Waals surface area contributed by atoms with Crippen molar-refractivity contribution in [3.8, 4) is 0 Å². The standard InChI is InChI=1S/C9H11NS/c1-2-5-9(6-3-1)10-7-4-8-11-10/h1-3,5-6H,4,7-8H2. The van der Waals surface area contributed by atoms with Crippen LogP contribution in [0, 0.1) is 0 Å². The van der Waals surface area contributed by atoms with Crippen molar-refractivity contribution in [2.75, 3.05) is 16.6 Å². The van der Waals surface area contributed by atoms with Crippen LogP contribution in [-0.2, 0) is 0 Å². The third-order valence-electron chi connectivity index (χ3n) is 1.80. The summed E-state index contributed by atoms with van der Waals surface area (Å²) in [6.07, 6.45) is 1.32. The molecule has 1 aliphatic rings. The first-order valence-corrected chi connectivity index (χ1v) is 4.86. The van der Waals surface area contributed by atoms with Crippen LogP contribution in [0.4, 0.5) is 5.69 Å². The first-order chi connectivity index (χ1) is 5.47. The summed E-state index contributed by atoms with van der Waals surface area (Å²) in [7, 11) is 0. The van der Waals surface area contributed by atoms with Gasteiger partial charge in [-0.2, -0.15) is 0 Å². The molecule has 0 N–H and O–H groups in total. The lowest BCUT2D eigenvalue weighted by Gasteiger charge is -2.14. The SMILES string of the molecule is c1ccc(N2CCCS2)cc1. The summed E-state index contributed by atoms with van der Waals surface area (Å²) < 4.78 is 2.36. The van der Waals surface area contributed by atoms with Crippen molar-refractivity contribution < 1.29 is 0 Å². The van der Waals surface area contributed by atoms with E-state index in [9.17, 15) is 0 Å². The number of hydrogen-bond donors (Lipinski definition) is 0. The summed E-state index contributed by atoms with van der Waals surface area (Å²) >= 11 is 1.93. The molecule has 1 heterocycles. The maximum Gasteiger partial charge on any atom is 0.0469 e. The van der Waals surface area contributed by atoms with Crippen LogP contribution in [0.15, 0.2) is 30.3 Å². The van der Waals surface area contributed by atoms with E-state index in [4.69, 9.17) is 0 Å². The molecule has 0 spiro atoms. The lowest BCUT2D eigenvalue weighted by atomic mass is 10.3. The van der Waals surface area contributed by atoms with Crippen LogP contribution in [0.2, 0.25) is 0 Å². The van der Waals surface area contributed by atoms with Crippen LogP contribution in [0.25, 0.3) is 0 Å². The third-order valence-corrected chi connectivity index (χ3v) is 2.97. The van der Waals surface area contributed by atoms with E-state index < -0.39 is 0 Å². The maximum atomic E-state index is 2.36. The van der Waals surface area contributed by atoms with E-state index in [1.807, 2.05) is 11.9 Å². The molecule has 1 nitrogen and oxygen atoms in total. The Morgan fingerprint density at radius 2 is 2.00 bits per heavy atom. The van der Waals surface area contributed by atoms with Gasteiger partial charge in [-0.1, -0.05) is 18.2 Å². The second-order valence-corrected chi connectivity index (χ2v) is 3.73. The molecule has 0 amide bonds. The van der Waals surface area contributed by atoms with Gasteiger partial charge in [0.1, 0.15) is 0 Å². The molecule has 0 bridgehead atoms. The zero-order chi connectivity index (χ0) is 7.52. The fraction of sp³-hybridized carbons (Fsp3) is 0.333. The minimum Gasteiger partial charge on any atom is -0.316 e. The van der Waals surface area contributed by atoms with Crippen molar-refractivity contribution in [2.24, 2.45) is 0 Å². The van der Waals surface area contributed by atoms with Gasteiger partial charge in [-0.3, -0.25) is 0 Å². The molecule has 0 saturated carbocycles. The minimum absolute atomic E-state index is 1.20. The quantitative estimate of drug-likeness (QED) is 0.588. The second kappa shape index (κ2) is 3.18. The summed E-state index contributed by atoms with van der Waals surface area (Å²) in [6, 6.07) is 10.6. The number of anilines is 1. The van der Waals surface area contributed by atoms with Crippen molar-refractivity contribution in [1.29, 1.82) is 0 Å². The fourth-order valence-electron chi connectivity index (χ4n) is 1.25. The molecule has 0 radical (unpaired) electrons. The monoisotopic (exact) mass is 165 g/mol. The highest BCUT2D eigenvalue weighted by molar-refractivity contribution is 8.00. The Hall–Kier alpha value is -0.630. The lowest BCUT2D eigenvalue weighted by Crippen LogP contribution is -2.07. The van der Waals surface area contributed by atoms with Gasteiger partial charge in [0.05, 0.1) is 0 Å². The van der Waals surface area contributed by atoms with Gasteiger partial charge in [0, 0.05) is 18.0 Å². The molecule has 11 heavy (non-hydrogen) atoms. The topological polar surface area (TPSA) is 3.24 Å². The largest absolute Gasteiger partial charge is 0.316 e. The first kappa shape index (κ1) is 7.04. The third kappa shape index (κ3) is 1.51. The summed E-state index contributed by atoms with van der Waals surface area (Å²) in [5.74, 6) is 1.27. The molecule has 2 rings (SSSR count). The first-order valence-electron chi connectivity index (χ1n) is 3.92. The molecule has 1 saturated heterocycles. The molecule has 1 aromatic carbocycles. The Morgan fingerprint density at radius 3 is 2.64 bits per heavy atom. The van der Waals surface area contributed by atoms with Crippen LogP contribution < -0.4 is 4.31 Å². The lowest BCUT2D eigenvalue weighted by molar-refractivity contribution is 0.989. The van der Waals surface area contributed by atoms with Gasteiger partial charge < -0.3 is 4.31 Å². The van der Waals surface area contributed by atoms with Crippen LogP contribution in [-0.4, -0.2) is 12.3 Å². The van der Waals surface area contributed by atoms with E-state index in [1.165, 1.54) is 24.4 Å². The molecule has 0 aromatic heterocycles. The van der Waals surface area contributed by atoms with E-state index in [-0.39, 0.29) is 0 Å². The molecule has 58 valence electrons. The van der Waals surface area contributed by atoms with E-state index in [0.717, 1.165) is 0 Å². The van der Waals surface area contributed by atoms with Gasteiger partial charge in [-0.05, 0) is 30.5 Å². The number of benzene rings is 1. The predicted molar refractivity (Wildman–Crippen MR) is 50.9 cm³/mol. The molecule has 0 aliphatic carbocycles. The average Bonchev–Trinajstić information content (AvgIpc) is 2.58. The summed E-state index contributed by atoms with van der Waals surface area (Å²) in [6.45, 7) is 1.20. The molecule has 0 unspecified atom stereocenters. The van der Waals surface area contributed by atoms with E-state index in [1.54, 1.807) is 0 Å². The van der Waals surface area contributed by atoms with Crippen molar-refractivity contribution in [1.82, 2.24) is 0 Å². The van der Waals surface area contributed by atoms with E-state index in [0.29, 0.717) is 0 Å². The van der Waals surface area contributed by atoms with Crippen molar-refractivity contribution in [2.45, 2.75) is 6.42 Å². The minimum atomic E-state index is 1.20. The molecular weight excluding hydrogens is 154 g/mol. The molecule has 1 aromatic rings. The second-order valence-electron chi connectivity index (χ2n) is 2.62. The molecular formula is C9H11NS. The Morgan fingerprint density at radius 1 is 1.18 bits per heavy atom. The fourth-order valence-corrected chi connectivity index (χ4v) is 2.25. The van der Waals surface area contributed by atoms with Crippen LogP contribution in [0.1, 0.15) is 6.42 Å². The Labute approximate surface area is 71.5 Å². The maximum absolute atomic E-state index is 2.36. The number of rotatable bonds is 1. The smallest absolute Gasteiger partial charge is 0.0469 e. The molecule has 0 atom stereocenters. The van der Waals surface area contributed by atoms with Gasteiger partial charge in [-0.25, -0.2) is 0 Å². The van der Waals surface area contributed by atoms with Gasteiger partial charge in [0.2, 0.25) is 0 Å². The average molecular weight is 165 g/mol. The Kier molecular flexibility index (Phi) is 2.04. The molecule has 1 fully saturated rings. The zero-order valence-electron chi connectivity index (χ0n) is 6.36. The van der Waals surface area contributed by atoms with E-state index >= 15 is 0 Å². The normalized spacial score (nSPS) is 17.3. The van der Waals surface area contributed by atoms with Crippen molar-refractivity contribution >= 4 is 17.6 Å². The van der Waals surface area contributed by atoms with E-state index in [2.05, 4.69) is 34.6 Å². The van der Waals surface area contributed by atoms with Crippen molar-refractivity contribution in [3.05, 3.63) is 30.3 Å². The summed E-state index contributed by atoms with van der Waals surface area (Å²) in [5, 5.41) is 0. The highest BCUT2D eigenvalue weighted by Gasteiger charge is 2.11. The Bertz CT molecular complexity index is 216. The van der Waals surface area contributed by atoms with Crippen molar-refractivity contribution in [3.63, 3.8) is 0 Å². The highest BCUT2D eigenvalue weighted by atomic mass is 32.2. The van der Waals surface area contributed by atoms with Crippen LogP contribution in [0.3, 0.4) is 0 Å². The van der Waals surface area contributed by atoms with Gasteiger partial charge in [0.25, 0.3) is 0 Å². The summed E-state index contributed by atoms with van der Waals surface area (Å²) in [5.41, 5.74) is 1.34. The van der Waals surface area contributed by atoms with Gasteiger partial charge in [0.15, 0.2) is 0 Å². The highest BCUT2D eigenvalue weighted by Crippen LogP contribution is 2.27. The predicted octanol–water partition coefficient (Wildman–Crippen LogP) is 2.54. The van der Waals surface area contributed by atoms with Gasteiger partial charge in [-0.15, -0.1) is 0 Å². The summed E-state index contributed by atoms with van der Waals surface area (Å²) in [4.78, 5) is 0. The van der Waals surface area contributed by atoms with Crippen LogP contribution >= 0.6 is 11.9 Å². The number of para-hydroxylation sites is 1.